The average molecular weight is 502 g/mol. The van der Waals surface area contributed by atoms with Crippen LogP contribution in [0, 0.1) is 20.8 Å². The number of carbonyl (C=O) groups is 2. The van der Waals surface area contributed by atoms with Crippen molar-refractivity contribution in [1.82, 2.24) is 10.2 Å². The molecule has 1 unspecified atom stereocenters. The summed E-state index contributed by atoms with van der Waals surface area (Å²) in [6, 6.07) is 12.4. The van der Waals surface area contributed by atoms with Gasteiger partial charge in [0.1, 0.15) is 12.6 Å². The van der Waals surface area contributed by atoms with E-state index >= 15 is 0 Å². The zero-order valence-electron chi connectivity index (χ0n) is 22.2. The molecule has 2 aromatic rings. The molecule has 0 spiro atoms. The molecule has 7 nitrogen and oxygen atoms in total. The van der Waals surface area contributed by atoms with Gasteiger partial charge in [0.2, 0.25) is 21.8 Å². The summed E-state index contributed by atoms with van der Waals surface area (Å²) in [6.45, 7) is 13.0. The van der Waals surface area contributed by atoms with Crippen LogP contribution in [-0.4, -0.2) is 49.5 Å². The number of anilines is 1. The smallest absolute Gasteiger partial charge is 0.244 e. The number of sulfonamides is 1. The number of hydrogen-bond donors (Lipinski definition) is 1. The van der Waals surface area contributed by atoms with Crippen molar-refractivity contribution in [2.24, 2.45) is 0 Å². The molecule has 192 valence electrons. The molecule has 0 aliphatic rings. The van der Waals surface area contributed by atoms with Crippen LogP contribution in [0.25, 0.3) is 0 Å². The number of carbonyl (C=O) groups excluding carboxylic acids is 2. The number of rotatable bonds is 9. The Hall–Kier alpha value is -2.87. The van der Waals surface area contributed by atoms with Gasteiger partial charge in [-0.1, -0.05) is 48.9 Å². The summed E-state index contributed by atoms with van der Waals surface area (Å²) in [5.41, 5.74) is 3.61. The minimum Gasteiger partial charge on any atom is -0.350 e. The first-order valence-corrected chi connectivity index (χ1v) is 13.7. The first kappa shape index (κ1) is 28.4. The average Bonchev–Trinajstić information content (AvgIpc) is 2.72. The largest absolute Gasteiger partial charge is 0.350 e. The minimum atomic E-state index is -3.76. The maximum Gasteiger partial charge on any atom is 0.244 e. The van der Waals surface area contributed by atoms with Crippen LogP contribution >= 0.6 is 0 Å². The molecule has 1 atom stereocenters. The molecule has 2 amide bonds. The van der Waals surface area contributed by atoms with Crippen LogP contribution in [0.15, 0.2) is 42.5 Å². The van der Waals surface area contributed by atoms with Crippen molar-refractivity contribution in [3.05, 3.63) is 64.7 Å². The maximum absolute atomic E-state index is 13.8. The second kappa shape index (κ2) is 11.2. The Morgan fingerprint density at radius 1 is 1.03 bits per heavy atom. The van der Waals surface area contributed by atoms with Crippen molar-refractivity contribution in [2.75, 3.05) is 17.1 Å². The molecule has 2 aromatic carbocycles. The molecule has 0 heterocycles. The Morgan fingerprint density at radius 2 is 1.66 bits per heavy atom. The van der Waals surface area contributed by atoms with Crippen molar-refractivity contribution in [1.29, 1.82) is 0 Å². The first-order chi connectivity index (χ1) is 16.1. The highest BCUT2D eigenvalue weighted by Crippen LogP contribution is 2.26. The van der Waals surface area contributed by atoms with E-state index in [1.165, 1.54) is 4.90 Å². The Morgan fingerprint density at radius 3 is 2.20 bits per heavy atom. The van der Waals surface area contributed by atoms with Crippen molar-refractivity contribution in [3.8, 4) is 0 Å². The molecule has 0 radical (unpaired) electrons. The normalized spacial score (nSPS) is 12.7. The molecule has 0 bridgehead atoms. The fourth-order valence-corrected chi connectivity index (χ4v) is 4.88. The van der Waals surface area contributed by atoms with Gasteiger partial charge < -0.3 is 10.2 Å². The van der Waals surface area contributed by atoms with E-state index in [-0.39, 0.29) is 12.5 Å². The van der Waals surface area contributed by atoms with Gasteiger partial charge in [0, 0.05) is 12.1 Å². The molecule has 0 aliphatic carbocycles. The predicted molar refractivity (Wildman–Crippen MR) is 142 cm³/mol. The Kier molecular flexibility index (Phi) is 9.11. The van der Waals surface area contributed by atoms with Crippen LogP contribution in [0.3, 0.4) is 0 Å². The summed E-state index contributed by atoms with van der Waals surface area (Å²) < 4.78 is 26.7. The van der Waals surface area contributed by atoms with E-state index in [2.05, 4.69) is 5.32 Å². The molecule has 0 aromatic heterocycles. The summed E-state index contributed by atoms with van der Waals surface area (Å²) in [5, 5.41) is 2.97. The summed E-state index contributed by atoms with van der Waals surface area (Å²) in [6.07, 6.45) is 1.48. The zero-order valence-corrected chi connectivity index (χ0v) is 23.0. The number of hydrogen-bond acceptors (Lipinski definition) is 4. The fraction of sp³-hybridized carbons (Fsp3) is 0.481. The van der Waals surface area contributed by atoms with E-state index < -0.39 is 34.1 Å². The van der Waals surface area contributed by atoms with Gasteiger partial charge in [0.05, 0.1) is 11.9 Å². The van der Waals surface area contributed by atoms with Crippen LogP contribution in [0.1, 0.15) is 56.4 Å². The van der Waals surface area contributed by atoms with E-state index in [1.807, 2.05) is 78.8 Å². The Balaban J connectivity index is 2.51. The lowest BCUT2D eigenvalue weighted by Gasteiger charge is -2.35. The number of amides is 2. The van der Waals surface area contributed by atoms with Crippen LogP contribution in [0.2, 0.25) is 0 Å². The van der Waals surface area contributed by atoms with E-state index in [0.717, 1.165) is 32.8 Å². The highest BCUT2D eigenvalue weighted by Gasteiger charge is 2.33. The Labute approximate surface area is 210 Å². The van der Waals surface area contributed by atoms with Crippen LogP contribution in [-0.2, 0) is 26.2 Å². The van der Waals surface area contributed by atoms with Gasteiger partial charge in [-0.2, -0.15) is 0 Å². The SMILES string of the molecule is CCC(C(=O)NC(C)(C)C)N(Cc1cccc(C)c1)C(=O)CN(c1cccc(C)c1C)S(C)(=O)=O. The molecule has 0 saturated heterocycles. The number of benzene rings is 2. The van der Waals surface area contributed by atoms with E-state index in [9.17, 15) is 18.0 Å². The number of nitrogens with zero attached hydrogens (tertiary/aromatic N) is 2. The third-order valence-corrected chi connectivity index (χ3v) is 6.97. The van der Waals surface area contributed by atoms with Crippen molar-refractivity contribution in [3.63, 3.8) is 0 Å². The first-order valence-electron chi connectivity index (χ1n) is 11.8. The summed E-state index contributed by atoms with van der Waals surface area (Å²) in [7, 11) is -3.76. The van der Waals surface area contributed by atoms with Gasteiger partial charge in [-0.3, -0.25) is 13.9 Å². The summed E-state index contributed by atoms with van der Waals surface area (Å²) >= 11 is 0. The molecular weight excluding hydrogens is 462 g/mol. The lowest BCUT2D eigenvalue weighted by atomic mass is 10.0. The molecule has 8 heteroatoms. The van der Waals surface area contributed by atoms with Crippen LogP contribution < -0.4 is 9.62 Å². The monoisotopic (exact) mass is 501 g/mol. The number of aryl methyl sites for hydroxylation is 2. The standard InChI is InChI=1S/C27H39N3O4S/c1-9-23(26(32)28-27(5,6)7)29(17-22-14-10-12-19(2)16-22)25(31)18-30(35(8,33)34)24-15-11-13-20(3)21(24)4/h10-16,23H,9,17-18H2,1-8H3,(H,28,32). The van der Waals surface area contributed by atoms with E-state index in [4.69, 9.17) is 0 Å². The third kappa shape index (κ3) is 7.82. The van der Waals surface area contributed by atoms with Gasteiger partial charge in [-0.05, 0) is 70.7 Å². The molecule has 2 rings (SSSR count). The second-order valence-corrected chi connectivity index (χ2v) is 12.1. The Bertz CT molecular complexity index is 1170. The summed E-state index contributed by atoms with van der Waals surface area (Å²) in [4.78, 5) is 28.5. The van der Waals surface area contributed by atoms with Crippen molar-refractivity contribution in [2.45, 2.75) is 73.0 Å². The maximum atomic E-state index is 13.8. The van der Waals surface area contributed by atoms with Gasteiger partial charge in [0.25, 0.3) is 0 Å². The molecular formula is C27H39N3O4S. The van der Waals surface area contributed by atoms with E-state index in [1.54, 1.807) is 12.1 Å². The minimum absolute atomic E-state index is 0.195. The highest BCUT2D eigenvalue weighted by atomic mass is 32.2. The van der Waals surface area contributed by atoms with Gasteiger partial charge in [-0.15, -0.1) is 0 Å². The molecule has 0 saturated carbocycles. The van der Waals surface area contributed by atoms with Gasteiger partial charge in [0.15, 0.2) is 0 Å². The van der Waals surface area contributed by atoms with Gasteiger partial charge >= 0.3 is 0 Å². The highest BCUT2D eigenvalue weighted by molar-refractivity contribution is 7.92. The van der Waals surface area contributed by atoms with Crippen molar-refractivity contribution >= 4 is 27.5 Å². The van der Waals surface area contributed by atoms with Crippen LogP contribution in [0.4, 0.5) is 5.69 Å². The zero-order chi connectivity index (χ0) is 26.6. The fourth-order valence-electron chi connectivity index (χ4n) is 3.98. The predicted octanol–water partition coefficient (Wildman–Crippen LogP) is 4.10. The van der Waals surface area contributed by atoms with Crippen molar-refractivity contribution < 1.29 is 18.0 Å². The molecule has 35 heavy (non-hydrogen) atoms. The molecule has 1 N–H and O–H groups in total. The van der Waals surface area contributed by atoms with Crippen LogP contribution in [0.5, 0.6) is 0 Å². The summed E-state index contributed by atoms with van der Waals surface area (Å²) in [5.74, 6) is -0.701. The quantitative estimate of drug-likeness (QED) is 0.560. The topological polar surface area (TPSA) is 86.8 Å². The molecule has 0 aliphatic heterocycles. The lowest BCUT2D eigenvalue weighted by molar-refractivity contribution is -0.141. The van der Waals surface area contributed by atoms with Gasteiger partial charge in [-0.25, -0.2) is 8.42 Å². The molecule has 0 fully saturated rings. The second-order valence-electron chi connectivity index (χ2n) is 10.2. The van der Waals surface area contributed by atoms with E-state index in [0.29, 0.717) is 12.1 Å². The number of nitrogens with one attached hydrogen (secondary N) is 1. The lowest BCUT2D eigenvalue weighted by Crippen LogP contribution is -2.55. The third-order valence-electron chi connectivity index (χ3n) is 5.84.